The molecule has 1 aromatic carbocycles. The van der Waals surface area contributed by atoms with Gasteiger partial charge in [0.1, 0.15) is 5.82 Å². The second-order valence-corrected chi connectivity index (χ2v) is 11.0. The number of rotatable bonds is 6. The van der Waals surface area contributed by atoms with E-state index in [-0.39, 0.29) is 6.04 Å². The van der Waals surface area contributed by atoms with E-state index in [9.17, 15) is 8.42 Å². The van der Waals surface area contributed by atoms with Crippen molar-refractivity contribution in [3.8, 4) is 11.3 Å². The quantitative estimate of drug-likeness (QED) is 0.767. The third-order valence-electron chi connectivity index (χ3n) is 5.27. The summed E-state index contributed by atoms with van der Waals surface area (Å²) in [6.07, 6.45) is 7.31. The van der Waals surface area contributed by atoms with Crippen LogP contribution in [0.1, 0.15) is 46.5 Å². The minimum atomic E-state index is -3.28. The predicted octanol–water partition coefficient (Wildman–Crippen LogP) is 3.83. The van der Waals surface area contributed by atoms with Crippen molar-refractivity contribution in [3.63, 3.8) is 0 Å². The van der Waals surface area contributed by atoms with Gasteiger partial charge < -0.3 is 5.32 Å². The van der Waals surface area contributed by atoms with Crippen LogP contribution in [0.15, 0.2) is 42.7 Å². The molecule has 0 aliphatic heterocycles. The van der Waals surface area contributed by atoms with Crippen molar-refractivity contribution in [3.05, 3.63) is 42.7 Å². The number of nitrogens with zero attached hydrogens (tertiary/aromatic N) is 2. The summed E-state index contributed by atoms with van der Waals surface area (Å²) in [5.74, 6) is 1.29. The van der Waals surface area contributed by atoms with E-state index in [4.69, 9.17) is 0 Å². The van der Waals surface area contributed by atoms with E-state index in [0.717, 1.165) is 49.3 Å². The van der Waals surface area contributed by atoms with Crippen molar-refractivity contribution in [2.75, 3.05) is 11.9 Å². The number of nitrogens with one attached hydrogen (secondary N) is 2. The molecule has 1 aromatic heterocycles. The summed E-state index contributed by atoms with van der Waals surface area (Å²) in [5.41, 5.74) is 1.91. The fraction of sp³-hybridized carbons (Fsp3) is 0.524. The molecule has 1 aliphatic carbocycles. The third-order valence-corrected chi connectivity index (χ3v) is 7.52. The topological polar surface area (TPSA) is 84.0 Å². The zero-order chi connectivity index (χ0) is 20.2. The van der Waals surface area contributed by atoms with Crippen LogP contribution in [0.2, 0.25) is 0 Å². The molecule has 152 valence electrons. The van der Waals surface area contributed by atoms with E-state index in [2.05, 4.69) is 20.0 Å². The first-order valence-corrected chi connectivity index (χ1v) is 11.4. The molecule has 0 saturated heterocycles. The number of hydrogen-bond donors (Lipinski definition) is 2. The Bertz CT molecular complexity index is 854. The van der Waals surface area contributed by atoms with Crippen LogP contribution in [-0.4, -0.2) is 35.7 Å². The van der Waals surface area contributed by atoms with Crippen LogP contribution < -0.4 is 10.0 Å². The molecule has 28 heavy (non-hydrogen) atoms. The second-order valence-electron chi connectivity index (χ2n) is 8.49. The molecule has 0 unspecified atom stereocenters. The molecular weight excluding hydrogens is 372 g/mol. The third kappa shape index (κ3) is 5.29. The summed E-state index contributed by atoms with van der Waals surface area (Å²) >= 11 is 0. The Labute approximate surface area is 168 Å². The summed E-state index contributed by atoms with van der Waals surface area (Å²) in [6, 6.07) is 10.0. The molecule has 1 heterocycles. The van der Waals surface area contributed by atoms with E-state index < -0.39 is 14.8 Å². The molecule has 6 nitrogen and oxygen atoms in total. The maximum Gasteiger partial charge on any atom is 0.216 e. The van der Waals surface area contributed by atoms with Gasteiger partial charge in [-0.2, -0.15) is 0 Å². The zero-order valence-corrected chi connectivity index (χ0v) is 17.7. The zero-order valence-electron chi connectivity index (χ0n) is 16.9. The average molecular weight is 403 g/mol. The minimum absolute atomic E-state index is 0.0467. The van der Waals surface area contributed by atoms with Gasteiger partial charge in [-0.3, -0.25) is 4.98 Å². The Kier molecular flexibility index (Phi) is 6.35. The van der Waals surface area contributed by atoms with Crippen LogP contribution in [0, 0.1) is 5.92 Å². The SMILES string of the molecule is CC(C)(C)S(=O)(=O)NC1CCC(CNc2cnc(-c3ccccc3)cn2)CC1. The van der Waals surface area contributed by atoms with Crippen molar-refractivity contribution in [1.29, 1.82) is 0 Å². The molecule has 0 amide bonds. The molecule has 1 fully saturated rings. The summed E-state index contributed by atoms with van der Waals surface area (Å²) in [6.45, 7) is 6.02. The molecule has 3 rings (SSSR count). The average Bonchev–Trinajstić information content (AvgIpc) is 2.67. The van der Waals surface area contributed by atoms with E-state index in [1.54, 1.807) is 33.2 Å². The van der Waals surface area contributed by atoms with E-state index in [0.29, 0.717) is 5.92 Å². The molecule has 0 spiro atoms. The van der Waals surface area contributed by atoms with Crippen LogP contribution >= 0.6 is 0 Å². The molecule has 2 N–H and O–H groups in total. The normalized spacial score (nSPS) is 20.7. The summed E-state index contributed by atoms with van der Waals surface area (Å²) in [7, 11) is -3.28. The Morgan fingerprint density at radius 3 is 2.25 bits per heavy atom. The minimum Gasteiger partial charge on any atom is -0.369 e. The summed E-state index contributed by atoms with van der Waals surface area (Å²) in [5, 5.41) is 3.37. The Morgan fingerprint density at radius 1 is 1.00 bits per heavy atom. The lowest BCUT2D eigenvalue weighted by atomic mass is 9.86. The lowest BCUT2D eigenvalue weighted by molar-refractivity contribution is 0.322. The largest absolute Gasteiger partial charge is 0.369 e. The van der Waals surface area contributed by atoms with Gasteiger partial charge in [0.05, 0.1) is 22.8 Å². The fourth-order valence-corrected chi connectivity index (χ4v) is 4.33. The van der Waals surface area contributed by atoms with Gasteiger partial charge >= 0.3 is 0 Å². The summed E-state index contributed by atoms with van der Waals surface area (Å²) < 4.78 is 26.7. The smallest absolute Gasteiger partial charge is 0.216 e. The van der Waals surface area contributed by atoms with Crippen molar-refractivity contribution in [1.82, 2.24) is 14.7 Å². The molecule has 0 radical (unpaired) electrons. The highest BCUT2D eigenvalue weighted by Gasteiger charge is 2.32. The van der Waals surface area contributed by atoms with E-state index >= 15 is 0 Å². The van der Waals surface area contributed by atoms with Gasteiger partial charge in [0.2, 0.25) is 10.0 Å². The second kappa shape index (κ2) is 8.57. The maximum absolute atomic E-state index is 12.3. The lowest BCUT2D eigenvalue weighted by Gasteiger charge is -2.31. The van der Waals surface area contributed by atoms with E-state index in [1.165, 1.54) is 0 Å². The van der Waals surface area contributed by atoms with Crippen LogP contribution in [0.5, 0.6) is 0 Å². The molecule has 0 bridgehead atoms. The Hall–Kier alpha value is -1.99. The molecule has 7 heteroatoms. The van der Waals surface area contributed by atoms with Crippen molar-refractivity contribution in [2.24, 2.45) is 5.92 Å². The van der Waals surface area contributed by atoms with Gasteiger partial charge in [-0.25, -0.2) is 18.1 Å². The fourth-order valence-electron chi connectivity index (χ4n) is 3.31. The maximum atomic E-state index is 12.3. The van der Waals surface area contributed by atoms with E-state index in [1.807, 2.05) is 30.3 Å². The van der Waals surface area contributed by atoms with Crippen molar-refractivity contribution >= 4 is 15.8 Å². The van der Waals surface area contributed by atoms with Crippen molar-refractivity contribution in [2.45, 2.75) is 57.2 Å². The standard InChI is InChI=1S/C21H30N4O2S/c1-21(2,3)28(26,27)25-18-11-9-16(10-12-18)13-23-20-15-22-19(14-24-20)17-7-5-4-6-8-17/h4-8,14-16,18,25H,9-13H2,1-3H3,(H,23,24). The van der Waals surface area contributed by atoms with Gasteiger partial charge in [-0.1, -0.05) is 30.3 Å². The Balaban J connectivity index is 1.46. The van der Waals surface area contributed by atoms with Gasteiger partial charge in [-0.15, -0.1) is 0 Å². The van der Waals surface area contributed by atoms with Crippen LogP contribution in [0.25, 0.3) is 11.3 Å². The molecule has 1 saturated carbocycles. The summed E-state index contributed by atoms with van der Waals surface area (Å²) in [4.78, 5) is 8.95. The van der Waals surface area contributed by atoms with Crippen LogP contribution in [0.4, 0.5) is 5.82 Å². The monoisotopic (exact) mass is 402 g/mol. The van der Waals surface area contributed by atoms with Crippen molar-refractivity contribution < 1.29 is 8.42 Å². The number of aromatic nitrogens is 2. The van der Waals surface area contributed by atoms with Gasteiger partial charge in [-0.05, 0) is 52.4 Å². The first-order valence-electron chi connectivity index (χ1n) is 9.88. The number of anilines is 1. The molecule has 0 atom stereocenters. The Morgan fingerprint density at radius 2 is 1.68 bits per heavy atom. The van der Waals surface area contributed by atoms with Gasteiger partial charge in [0, 0.05) is 18.2 Å². The number of sulfonamides is 1. The predicted molar refractivity (Wildman–Crippen MR) is 114 cm³/mol. The molecular formula is C21H30N4O2S. The van der Waals surface area contributed by atoms with Crippen LogP contribution in [0.3, 0.4) is 0 Å². The van der Waals surface area contributed by atoms with Gasteiger partial charge in [0.15, 0.2) is 0 Å². The highest BCUT2D eigenvalue weighted by Crippen LogP contribution is 2.26. The highest BCUT2D eigenvalue weighted by atomic mass is 32.2. The first-order chi connectivity index (χ1) is 13.2. The first kappa shape index (κ1) is 20.7. The van der Waals surface area contributed by atoms with Gasteiger partial charge in [0.25, 0.3) is 0 Å². The number of hydrogen-bond acceptors (Lipinski definition) is 5. The lowest BCUT2D eigenvalue weighted by Crippen LogP contribution is -2.46. The highest BCUT2D eigenvalue weighted by molar-refractivity contribution is 7.90. The molecule has 1 aliphatic rings. The van der Waals surface area contributed by atoms with Crippen LogP contribution in [-0.2, 0) is 10.0 Å². The number of benzene rings is 1. The molecule has 2 aromatic rings.